The van der Waals surface area contributed by atoms with Gasteiger partial charge < -0.3 is 11.1 Å². The minimum absolute atomic E-state index is 0.235. The molecule has 0 heterocycles. The van der Waals surface area contributed by atoms with Crippen molar-refractivity contribution in [2.24, 2.45) is 0 Å². The average molecular weight is 254 g/mol. The summed E-state index contributed by atoms with van der Waals surface area (Å²) in [4.78, 5) is 0. The van der Waals surface area contributed by atoms with Crippen LogP contribution in [-0.2, 0) is 0 Å². The first kappa shape index (κ1) is 12.6. The van der Waals surface area contributed by atoms with Gasteiger partial charge in [-0.25, -0.2) is 4.39 Å². The summed E-state index contributed by atoms with van der Waals surface area (Å²) in [6.45, 7) is 1.76. The van der Waals surface area contributed by atoms with E-state index in [1.807, 2.05) is 11.8 Å². The van der Waals surface area contributed by atoms with Crippen LogP contribution in [0.1, 0.15) is 24.8 Å². The number of nitrogens with two attached hydrogens (primary N) is 1. The number of benzene rings is 1. The number of thioether (sulfide) groups is 1. The molecule has 1 aromatic carbocycles. The zero-order valence-corrected chi connectivity index (χ0v) is 11.1. The molecular formula is C13H19FN2S. The third kappa shape index (κ3) is 2.68. The molecule has 0 bridgehead atoms. The molecule has 0 amide bonds. The molecular weight excluding hydrogens is 235 g/mol. The van der Waals surface area contributed by atoms with Crippen molar-refractivity contribution in [2.75, 3.05) is 17.3 Å². The van der Waals surface area contributed by atoms with E-state index in [1.54, 1.807) is 13.0 Å². The second-order valence-corrected chi connectivity index (χ2v) is 5.72. The molecule has 0 radical (unpaired) electrons. The van der Waals surface area contributed by atoms with E-state index in [1.165, 1.54) is 25.3 Å². The fourth-order valence-electron chi connectivity index (χ4n) is 2.39. The van der Waals surface area contributed by atoms with Gasteiger partial charge in [0.05, 0.1) is 11.4 Å². The van der Waals surface area contributed by atoms with Crippen LogP contribution in [-0.4, -0.2) is 17.5 Å². The third-order valence-corrected chi connectivity index (χ3v) is 4.60. The number of halogens is 1. The molecule has 17 heavy (non-hydrogen) atoms. The van der Waals surface area contributed by atoms with Crippen molar-refractivity contribution in [1.82, 2.24) is 0 Å². The Labute approximate surface area is 106 Å². The Kier molecular flexibility index (Phi) is 3.82. The smallest absolute Gasteiger partial charge is 0.128 e. The summed E-state index contributed by atoms with van der Waals surface area (Å²) in [7, 11) is 0. The predicted molar refractivity (Wildman–Crippen MR) is 74.1 cm³/mol. The zero-order valence-electron chi connectivity index (χ0n) is 10.3. The van der Waals surface area contributed by atoms with E-state index in [-0.39, 0.29) is 5.82 Å². The molecule has 3 N–H and O–H groups in total. The van der Waals surface area contributed by atoms with Gasteiger partial charge in [-0.3, -0.25) is 0 Å². The summed E-state index contributed by atoms with van der Waals surface area (Å²) in [6.07, 6.45) is 5.81. The first-order valence-electron chi connectivity index (χ1n) is 5.96. The fraction of sp³-hybridized carbons (Fsp3) is 0.538. The summed E-state index contributed by atoms with van der Waals surface area (Å²) in [5.41, 5.74) is 7.86. The van der Waals surface area contributed by atoms with Gasteiger partial charge in [0.15, 0.2) is 0 Å². The second-order valence-electron chi connectivity index (χ2n) is 4.64. The molecule has 94 valence electrons. The Morgan fingerprint density at radius 3 is 2.88 bits per heavy atom. The number of nitrogens with one attached hydrogen (secondary N) is 1. The summed E-state index contributed by atoms with van der Waals surface area (Å²) in [5, 5.41) is 4.10. The number of hydrogen-bond donors (Lipinski definition) is 2. The number of aryl methyl sites for hydroxylation is 1. The van der Waals surface area contributed by atoms with Crippen molar-refractivity contribution in [1.29, 1.82) is 0 Å². The number of anilines is 2. The maximum Gasteiger partial charge on any atom is 0.128 e. The summed E-state index contributed by atoms with van der Waals surface area (Å²) < 4.78 is 13.3. The minimum atomic E-state index is -0.235. The van der Waals surface area contributed by atoms with E-state index >= 15 is 0 Å². The maximum absolute atomic E-state index is 13.3. The van der Waals surface area contributed by atoms with Crippen LogP contribution in [0.15, 0.2) is 12.1 Å². The molecule has 2 nitrogen and oxygen atoms in total. The predicted octanol–water partition coefficient (Wildman–Crippen LogP) is 3.41. The molecule has 1 saturated carbocycles. The van der Waals surface area contributed by atoms with Crippen LogP contribution in [0, 0.1) is 12.7 Å². The van der Waals surface area contributed by atoms with Crippen molar-refractivity contribution >= 4 is 23.1 Å². The van der Waals surface area contributed by atoms with Crippen molar-refractivity contribution in [3.8, 4) is 0 Å². The van der Waals surface area contributed by atoms with Gasteiger partial charge in [-0.15, -0.1) is 0 Å². The molecule has 0 spiro atoms. The lowest BCUT2D eigenvalue weighted by Crippen LogP contribution is -2.26. The van der Waals surface area contributed by atoms with E-state index in [0.29, 0.717) is 22.5 Å². The van der Waals surface area contributed by atoms with Gasteiger partial charge in [-0.05, 0) is 43.7 Å². The van der Waals surface area contributed by atoms with Crippen LogP contribution >= 0.6 is 11.8 Å². The van der Waals surface area contributed by atoms with Gasteiger partial charge in [0.25, 0.3) is 0 Å². The standard InChI is InChI=1S/C13H19FN2S/c1-8-6-12(10(15)7-9(8)14)16-11-4-3-5-13(11)17-2/h6-7,11,13,16H,3-5,15H2,1-2H3. The van der Waals surface area contributed by atoms with Gasteiger partial charge >= 0.3 is 0 Å². The highest BCUT2D eigenvalue weighted by Crippen LogP contribution is 2.32. The molecule has 1 aliphatic rings. The van der Waals surface area contributed by atoms with E-state index in [0.717, 1.165) is 5.69 Å². The Hall–Kier alpha value is -0.900. The van der Waals surface area contributed by atoms with Crippen LogP contribution in [0.5, 0.6) is 0 Å². The van der Waals surface area contributed by atoms with Crippen LogP contribution in [0.3, 0.4) is 0 Å². The molecule has 1 aromatic rings. The van der Waals surface area contributed by atoms with Crippen molar-refractivity contribution < 1.29 is 4.39 Å². The number of hydrogen-bond acceptors (Lipinski definition) is 3. The largest absolute Gasteiger partial charge is 0.397 e. The monoisotopic (exact) mass is 254 g/mol. The van der Waals surface area contributed by atoms with Gasteiger partial charge in [0.1, 0.15) is 5.82 Å². The summed E-state index contributed by atoms with van der Waals surface area (Å²) >= 11 is 1.90. The highest BCUT2D eigenvalue weighted by Gasteiger charge is 2.26. The van der Waals surface area contributed by atoms with Gasteiger partial charge in [0, 0.05) is 11.3 Å². The van der Waals surface area contributed by atoms with Crippen LogP contribution in [0.25, 0.3) is 0 Å². The topological polar surface area (TPSA) is 38.0 Å². The lowest BCUT2D eigenvalue weighted by molar-refractivity contribution is 0.619. The molecule has 1 fully saturated rings. The normalized spacial score (nSPS) is 23.9. The van der Waals surface area contributed by atoms with Gasteiger partial charge in [0.2, 0.25) is 0 Å². The molecule has 0 saturated heterocycles. The molecule has 2 unspecified atom stereocenters. The zero-order chi connectivity index (χ0) is 12.4. The summed E-state index contributed by atoms with van der Waals surface area (Å²) in [5.74, 6) is -0.235. The molecule has 2 rings (SSSR count). The van der Waals surface area contributed by atoms with Gasteiger partial charge in [-0.2, -0.15) is 11.8 Å². The van der Waals surface area contributed by atoms with E-state index < -0.39 is 0 Å². The Morgan fingerprint density at radius 2 is 2.18 bits per heavy atom. The van der Waals surface area contributed by atoms with Crippen LogP contribution in [0.4, 0.5) is 15.8 Å². The maximum atomic E-state index is 13.3. The first-order valence-corrected chi connectivity index (χ1v) is 7.25. The molecule has 2 atom stereocenters. The Bertz CT molecular complexity index is 409. The minimum Gasteiger partial charge on any atom is -0.397 e. The number of nitrogen functional groups attached to an aromatic ring is 1. The fourth-order valence-corrected chi connectivity index (χ4v) is 3.33. The summed E-state index contributed by atoms with van der Waals surface area (Å²) in [6, 6.07) is 3.67. The first-order chi connectivity index (χ1) is 8.11. The Balaban J connectivity index is 2.15. The van der Waals surface area contributed by atoms with Crippen molar-refractivity contribution in [3.05, 3.63) is 23.5 Å². The lowest BCUT2D eigenvalue weighted by atomic mass is 10.1. The molecule has 4 heteroatoms. The van der Waals surface area contributed by atoms with Crippen LogP contribution in [0.2, 0.25) is 0 Å². The molecule has 1 aliphatic carbocycles. The lowest BCUT2D eigenvalue weighted by Gasteiger charge is -2.21. The quantitative estimate of drug-likeness (QED) is 0.812. The highest BCUT2D eigenvalue weighted by molar-refractivity contribution is 7.99. The van der Waals surface area contributed by atoms with E-state index in [9.17, 15) is 4.39 Å². The SMILES string of the molecule is CSC1CCCC1Nc1cc(C)c(F)cc1N. The van der Waals surface area contributed by atoms with Crippen LogP contribution < -0.4 is 11.1 Å². The van der Waals surface area contributed by atoms with Crippen molar-refractivity contribution in [3.63, 3.8) is 0 Å². The average Bonchev–Trinajstić information content (AvgIpc) is 2.73. The molecule has 0 aliphatic heterocycles. The molecule has 0 aromatic heterocycles. The van der Waals surface area contributed by atoms with E-state index in [2.05, 4.69) is 11.6 Å². The van der Waals surface area contributed by atoms with E-state index in [4.69, 9.17) is 5.73 Å². The third-order valence-electron chi connectivity index (χ3n) is 3.43. The highest BCUT2D eigenvalue weighted by atomic mass is 32.2. The Morgan fingerprint density at radius 1 is 1.41 bits per heavy atom. The number of rotatable bonds is 3. The second kappa shape index (κ2) is 5.17. The van der Waals surface area contributed by atoms with Crippen molar-refractivity contribution in [2.45, 2.75) is 37.5 Å². The van der Waals surface area contributed by atoms with Gasteiger partial charge in [-0.1, -0.05) is 6.42 Å².